The van der Waals surface area contributed by atoms with Crippen LogP contribution in [0.5, 0.6) is 0 Å². The molecule has 9 nitrogen and oxygen atoms in total. The molecule has 0 saturated carbocycles. The van der Waals surface area contributed by atoms with Crippen LogP contribution in [0.15, 0.2) is 84.9 Å². The smallest absolute Gasteiger partial charge is 0.328 e. The highest BCUT2D eigenvalue weighted by atomic mass is 19.1. The van der Waals surface area contributed by atoms with Gasteiger partial charge in [-0.3, -0.25) is 9.59 Å². The molecule has 0 bridgehead atoms. The maximum absolute atomic E-state index is 13.7. The highest BCUT2D eigenvalue weighted by Crippen LogP contribution is 2.21. The first-order chi connectivity index (χ1) is 19.4. The van der Waals surface area contributed by atoms with Crippen molar-refractivity contribution in [2.75, 3.05) is 19.0 Å². The zero-order valence-electron chi connectivity index (χ0n) is 22.2. The van der Waals surface area contributed by atoms with Crippen molar-refractivity contribution in [1.29, 1.82) is 0 Å². The maximum atomic E-state index is 13.7. The lowest BCUT2D eigenvalue weighted by Gasteiger charge is -2.20. The van der Waals surface area contributed by atoms with Crippen LogP contribution in [0.4, 0.5) is 14.9 Å². The standard InChI is InChI=1S/C30H33FN4O5/c1-40-29(38)25(34-27(37)20-26(36)33-24-17-9-8-16-23(24)31)18-10-11-19-32-30(39)35-28(21-12-4-2-5-13-21)22-14-6-3-7-15-22/h2-9,12-17,25,28H,10-11,18-20H2,1H3,(H,33,36)(H,34,37)(H2,32,35,39)/t25-/m0/s1. The second-order valence-electron chi connectivity index (χ2n) is 9.00. The van der Waals surface area contributed by atoms with Gasteiger partial charge in [-0.25, -0.2) is 14.0 Å². The highest BCUT2D eigenvalue weighted by molar-refractivity contribution is 6.04. The molecule has 10 heteroatoms. The molecule has 1 atom stereocenters. The second-order valence-corrected chi connectivity index (χ2v) is 9.00. The average molecular weight is 549 g/mol. The summed E-state index contributed by atoms with van der Waals surface area (Å²) in [5.74, 6) is -2.69. The molecule has 210 valence electrons. The third kappa shape index (κ3) is 9.54. The molecule has 0 aliphatic rings. The first-order valence-electron chi connectivity index (χ1n) is 12.9. The number of hydrogen-bond acceptors (Lipinski definition) is 5. The lowest BCUT2D eigenvalue weighted by Crippen LogP contribution is -2.42. The molecule has 4 N–H and O–H groups in total. The van der Waals surface area contributed by atoms with E-state index in [1.807, 2.05) is 60.7 Å². The van der Waals surface area contributed by atoms with Crippen molar-refractivity contribution in [2.24, 2.45) is 0 Å². The van der Waals surface area contributed by atoms with Gasteiger partial charge in [0.05, 0.1) is 18.8 Å². The average Bonchev–Trinajstić information content (AvgIpc) is 2.96. The third-order valence-electron chi connectivity index (χ3n) is 6.04. The quantitative estimate of drug-likeness (QED) is 0.146. The molecule has 0 fully saturated rings. The van der Waals surface area contributed by atoms with Gasteiger partial charge in [0, 0.05) is 6.54 Å². The van der Waals surface area contributed by atoms with Crippen LogP contribution in [0.25, 0.3) is 0 Å². The van der Waals surface area contributed by atoms with Gasteiger partial charge in [0.1, 0.15) is 18.3 Å². The molecule has 3 aromatic rings. The third-order valence-corrected chi connectivity index (χ3v) is 6.04. The van der Waals surface area contributed by atoms with E-state index in [1.54, 1.807) is 6.07 Å². The van der Waals surface area contributed by atoms with Crippen LogP contribution in [0.2, 0.25) is 0 Å². The lowest BCUT2D eigenvalue weighted by molar-refractivity contribution is -0.145. The Hall–Kier alpha value is -4.73. The Bertz CT molecular complexity index is 1230. The topological polar surface area (TPSA) is 126 Å². The van der Waals surface area contributed by atoms with Gasteiger partial charge in [0.2, 0.25) is 11.8 Å². The molecule has 3 aromatic carbocycles. The minimum Gasteiger partial charge on any atom is -0.467 e. The number of esters is 1. The Morgan fingerprint density at radius 1 is 0.775 bits per heavy atom. The second kappa shape index (κ2) is 15.6. The van der Waals surface area contributed by atoms with Gasteiger partial charge in [-0.1, -0.05) is 72.8 Å². The molecule has 0 spiro atoms. The summed E-state index contributed by atoms with van der Waals surface area (Å²) in [6.45, 7) is 0.342. The van der Waals surface area contributed by atoms with E-state index in [0.29, 0.717) is 19.4 Å². The number of hydrogen-bond donors (Lipinski definition) is 4. The molecule has 40 heavy (non-hydrogen) atoms. The number of amides is 4. The predicted molar refractivity (Wildman–Crippen MR) is 149 cm³/mol. The van der Waals surface area contributed by atoms with Crippen LogP contribution in [-0.4, -0.2) is 43.5 Å². The highest BCUT2D eigenvalue weighted by Gasteiger charge is 2.23. The molecule has 0 heterocycles. The number of carbonyl (C=O) groups excluding carboxylic acids is 4. The summed E-state index contributed by atoms with van der Waals surface area (Å²) in [5.41, 5.74) is 1.85. The summed E-state index contributed by atoms with van der Waals surface area (Å²) in [6, 6.07) is 23.2. The van der Waals surface area contributed by atoms with Crippen LogP contribution < -0.4 is 21.3 Å². The lowest BCUT2D eigenvalue weighted by atomic mass is 9.99. The van der Waals surface area contributed by atoms with E-state index < -0.39 is 36.1 Å². The van der Waals surface area contributed by atoms with Crippen molar-refractivity contribution in [3.63, 3.8) is 0 Å². The first-order valence-corrected chi connectivity index (χ1v) is 12.9. The molecule has 0 aromatic heterocycles. The van der Waals surface area contributed by atoms with E-state index in [4.69, 9.17) is 4.74 Å². The Labute approximate surface area is 232 Å². The molecular weight excluding hydrogens is 515 g/mol. The number of carbonyl (C=O) groups is 4. The summed E-state index contributed by atoms with van der Waals surface area (Å²) in [6.07, 6.45) is 0.676. The first kappa shape index (κ1) is 29.8. The molecule has 0 aliphatic heterocycles. The fourth-order valence-electron chi connectivity index (χ4n) is 4.05. The van der Waals surface area contributed by atoms with Gasteiger partial charge in [0.25, 0.3) is 0 Å². The van der Waals surface area contributed by atoms with Crippen LogP contribution in [0, 0.1) is 5.82 Å². The maximum Gasteiger partial charge on any atom is 0.328 e. The fraction of sp³-hybridized carbons (Fsp3) is 0.267. The van der Waals surface area contributed by atoms with Crippen LogP contribution in [-0.2, 0) is 19.1 Å². The molecule has 0 unspecified atom stereocenters. The monoisotopic (exact) mass is 548 g/mol. The van der Waals surface area contributed by atoms with E-state index in [1.165, 1.54) is 25.3 Å². The van der Waals surface area contributed by atoms with E-state index in [0.717, 1.165) is 11.1 Å². The molecule has 4 amide bonds. The minimum absolute atomic E-state index is 0.0415. The van der Waals surface area contributed by atoms with Crippen LogP contribution >= 0.6 is 0 Å². The summed E-state index contributed by atoms with van der Waals surface area (Å²) in [4.78, 5) is 49.3. The fourth-order valence-corrected chi connectivity index (χ4v) is 4.05. The number of unbranched alkanes of at least 4 members (excludes halogenated alkanes) is 1. The summed E-state index contributed by atoms with van der Waals surface area (Å²) >= 11 is 0. The van der Waals surface area contributed by atoms with Gasteiger partial charge in [0.15, 0.2) is 0 Å². The van der Waals surface area contributed by atoms with E-state index in [-0.39, 0.29) is 24.2 Å². The minimum atomic E-state index is -0.965. The van der Waals surface area contributed by atoms with Crippen molar-refractivity contribution in [2.45, 2.75) is 37.8 Å². The van der Waals surface area contributed by atoms with Gasteiger partial charge in [-0.2, -0.15) is 0 Å². The zero-order chi connectivity index (χ0) is 28.7. The van der Waals surface area contributed by atoms with Gasteiger partial charge < -0.3 is 26.0 Å². The van der Waals surface area contributed by atoms with Crippen molar-refractivity contribution >= 4 is 29.5 Å². The summed E-state index contributed by atoms with van der Waals surface area (Å²) in [5, 5.41) is 10.6. The van der Waals surface area contributed by atoms with E-state index in [2.05, 4.69) is 21.3 Å². The molecule has 0 saturated heterocycles. The Morgan fingerprint density at radius 2 is 1.38 bits per heavy atom. The molecule has 0 aliphatic carbocycles. The predicted octanol–water partition coefficient (Wildman–Crippen LogP) is 4.07. The molecular formula is C30H33FN4O5. The summed E-state index contributed by atoms with van der Waals surface area (Å²) < 4.78 is 18.5. The van der Waals surface area contributed by atoms with Crippen molar-refractivity contribution in [3.05, 3.63) is 102 Å². The number of ether oxygens (including phenoxy) is 1. The number of urea groups is 1. The number of nitrogens with one attached hydrogen (secondary N) is 4. The van der Waals surface area contributed by atoms with Crippen molar-refractivity contribution in [3.8, 4) is 0 Å². The van der Waals surface area contributed by atoms with Gasteiger partial charge >= 0.3 is 12.0 Å². The van der Waals surface area contributed by atoms with E-state index in [9.17, 15) is 23.6 Å². The summed E-state index contributed by atoms with van der Waals surface area (Å²) in [7, 11) is 1.20. The Kier molecular flexibility index (Phi) is 11.6. The Morgan fingerprint density at radius 3 is 1.98 bits per heavy atom. The largest absolute Gasteiger partial charge is 0.467 e. The number of anilines is 1. The SMILES string of the molecule is COC(=O)[C@H](CCCCNC(=O)NC(c1ccccc1)c1ccccc1)NC(=O)CC(=O)Nc1ccccc1F. The number of methoxy groups -OCH3 is 1. The van der Waals surface area contributed by atoms with Crippen molar-refractivity contribution < 1.29 is 28.3 Å². The van der Waals surface area contributed by atoms with Gasteiger partial charge in [-0.05, 0) is 42.5 Å². The number of halogens is 1. The number of para-hydroxylation sites is 1. The van der Waals surface area contributed by atoms with E-state index >= 15 is 0 Å². The molecule has 0 radical (unpaired) electrons. The number of benzene rings is 3. The number of rotatable bonds is 13. The van der Waals surface area contributed by atoms with Crippen LogP contribution in [0.3, 0.4) is 0 Å². The van der Waals surface area contributed by atoms with Crippen LogP contribution in [0.1, 0.15) is 42.9 Å². The normalized spacial score (nSPS) is 11.3. The Balaban J connectivity index is 1.43. The van der Waals surface area contributed by atoms with Crippen molar-refractivity contribution in [1.82, 2.24) is 16.0 Å². The molecule has 3 rings (SSSR count). The van der Waals surface area contributed by atoms with Gasteiger partial charge in [-0.15, -0.1) is 0 Å². The zero-order valence-corrected chi connectivity index (χ0v) is 22.2.